The number of carbonyl (C=O) groups is 1. The van der Waals surface area contributed by atoms with Crippen LogP contribution in [0.3, 0.4) is 0 Å². The monoisotopic (exact) mass is 557 g/mol. The van der Waals surface area contributed by atoms with E-state index in [1.54, 1.807) is 27.0 Å². The van der Waals surface area contributed by atoms with Crippen molar-refractivity contribution < 1.29 is 39.1 Å². The van der Waals surface area contributed by atoms with Crippen molar-refractivity contribution in [2.75, 3.05) is 21.2 Å². The highest BCUT2D eigenvalue weighted by Gasteiger charge is 2.49. The van der Waals surface area contributed by atoms with Crippen molar-refractivity contribution in [1.82, 2.24) is 4.90 Å². The molecule has 12 atom stereocenters. The lowest BCUT2D eigenvalue weighted by Crippen LogP contribution is -2.59. The van der Waals surface area contributed by atoms with Crippen molar-refractivity contribution in [3.05, 3.63) is 11.6 Å². The highest BCUT2D eigenvalue weighted by atomic mass is 16.7. The summed E-state index contributed by atoms with van der Waals surface area (Å²) in [4.78, 5) is 15.2. The van der Waals surface area contributed by atoms with Crippen LogP contribution in [-0.4, -0.2) is 101 Å². The number of ether oxygens (including phenoxy) is 4. The number of aliphatic hydroxyl groups excluding tert-OH is 2. The van der Waals surface area contributed by atoms with Gasteiger partial charge >= 0.3 is 5.97 Å². The van der Waals surface area contributed by atoms with Crippen LogP contribution in [0.15, 0.2) is 11.6 Å². The lowest BCUT2D eigenvalue weighted by molar-refractivity contribution is -0.301. The maximum atomic E-state index is 13.2. The minimum Gasteiger partial charge on any atom is -0.459 e. The number of likely N-dealkylation sites (N-methyl/N-ethyl adjacent to an activating group) is 1. The third-order valence-corrected chi connectivity index (χ3v) is 8.77. The number of aliphatic hydroxyl groups is 3. The first kappa shape index (κ1) is 34.1. The van der Waals surface area contributed by atoms with Gasteiger partial charge in [-0.3, -0.25) is 4.79 Å². The van der Waals surface area contributed by atoms with Gasteiger partial charge in [0.1, 0.15) is 17.8 Å². The predicted octanol–water partition coefficient (Wildman–Crippen LogP) is 3.28. The summed E-state index contributed by atoms with van der Waals surface area (Å²) in [7, 11) is 5.45. The van der Waals surface area contributed by atoms with Crippen LogP contribution in [0.1, 0.15) is 81.1 Å². The molecular weight excluding hydrogens is 502 g/mol. The topological polar surface area (TPSA) is 118 Å². The Morgan fingerprint density at radius 2 is 1.74 bits per heavy atom. The highest BCUT2D eigenvalue weighted by Crippen LogP contribution is 2.38. The molecule has 1 unspecified atom stereocenters. The normalized spacial score (nSPS) is 45.4. The van der Waals surface area contributed by atoms with Crippen LogP contribution in [-0.2, 0) is 23.7 Å². The molecule has 2 rings (SSSR count). The van der Waals surface area contributed by atoms with Crippen LogP contribution in [0.5, 0.6) is 0 Å². The first-order valence-corrected chi connectivity index (χ1v) is 14.5. The van der Waals surface area contributed by atoms with Gasteiger partial charge in [0, 0.05) is 19.1 Å². The average Bonchev–Trinajstić information content (AvgIpc) is 2.84. The lowest BCUT2D eigenvalue weighted by atomic mass is 9.76. The van der Waals surface area contributed by atoms with Crippen LogP contribution in [0, 0.1) is 17.8 Å². The molecule has 0 aromatic rings. The fraction of sp³-hybridized carbons (Fsp3) is 0.900. The molecule has 0 aromatic carbocycles. The smallest absolute Gasteiger partial charge is 0.311 e. The number of hydrogen-bond acceptors (Lipinski definition) is 9. The fourth-order valence-corrected chi connectivity index (χ4v) is 6.54. The predicted molar refractivity (Wildman–Crippen MR) is 150 cm³/mol. The van der Waals surface area contributed by atoms with Gasteiger partial charge in [0.05, 0.1) is 29.8 Å². The van der Waals surface area contributed by atoms with Crippen molar-refractivity contribution in [1.29, 1.82) is 0 Å². The first-order valence-electron chi connectivity index (χ1n) is 14.5. The zero-order valence-corrected chi connectivity index (χ0v) is 26.0. The highest BCUT2D eigenvalue weighted by molar-refractivity contribution is 5.73. The van der Waals surface area contributed by atoms with E-state index in [4.69, 9.17) is 18.9 Å². The van der Waals surface area contributed by atoms with Gasteiger partial charge in [-0.15, -0.1) is 0 Å². The SMILES string of the molecule is CC[C@H]1OC(=O)[C@H](C)[C@@H](O)[C@H](C)[C@@H](OC2O[C@H](C)C[C@H](N(C)C)[C@H]2O)[C@@](C)(OC)C[C@@H](C)CC(C)=C[C@]1(C)O. The van der Waals surface area contributed by atoms with E-state index >= 15 is 0 Å². The number of hydrogen-bond donors (Lipinski definition) is 3. The van der Waals surface area contributed by atoms with E-state index < -0.39 is 59.7 Å². The number of rotatable bonds is 5. The molecule has 228 valence electrons. The molecule has 0 aliphatic carbocycles. The summed E-state index contributed by atoms with van der Waals surface area (Å²) in [6.45, 7) is 14.9. The fourth-order valence-electron chi connectivity index (χ4n) is 6.54. The molecule has 9 heteroatoms. The zero-order chi connectivity index (χ0) is 29.9. The summed E-state index contributed by atoms with van der Waals surface area (Å²) < 4.78 is 24.6. The van der Waals surface area contributed by atoms with Crippen molar-refractivity contribution in [2.24, 2.45) is 17.8 Å². The van der Waals surface area contributed by atoms with E-state index in [9.17, 15) is 20.1 Å². The molecule has 39 heavy (non-hydrogen) atoms. The summed E-state index contributed by atoms with van der Waals surface area (Å²) in [5.41, 5.74) is -1.26. The van der Waals surface area contributed by atoms with E-state index in [1.165, 1.54) is 0 Å². The van der Waals surface area contributed by atoms with Crippen molar-refractivity contribution in [2.45, 2.75) is 135 Å². The molecule has 2 heterocycles. The molecule has 0 bridgehead atoms. The minimum atomic E-state index is -1.35. The molecule has 0 amide bonds. The summed E-state index contributed by atoms with van der Waals surface area (Å²) in [5, 5.41) is 33.9. The van der Waals surface area contributed by atoms with Crippen molar-refractivity contribution in [3.8, 4) is 0 Å². The number of methoxy groups -OCH3 is 1. The Kier molecular flexibility index (Phi) is 12.0. The third kappa shape index (κ3) is 8.24. The lowest BCUT2D eigenvalue weighted by Gasteiger charge is -2.48. The van der Waals surface area contributed by atoms with E-state index in [2.05, 4.69) is 6.92 Å². The maximum Gasteiger partial charge on any atom is 0.311 e. The Morgan fingerprint density at radius 1 is 1.13 bits per heavy atom. The zero-order valence-electron chi connectivity index (χ0n) is 26.0. The summed E-state index contributed by atoms with van der Waals surface area (Å²) in [6.07, 6.45) is -0.497. The Morgan fingerprint density at radius 3 is 2.28 bits per heavy atom. The standard InChI is InChI=1S/C30H55NO8/c1-12-23-29(7,35)15-17(2)13-18(3)16-30(8,36-11)26(20(5)24(32)21(6)27(34)38-23)39-28-25(33)22(31(9)10)14-19(4)37-28/h15,18-26,28,32-33,35H,12-14,16H2,1-11H3/t18-,19+,20-,21+,22-,23+,24-,25+,26+,28?,29-,30-/m0/s1. The summed E-state index contributed by atoms with van der Waals surface area (Å²) >= 11 is 0. The molecule has 0 saturated carbocycles. The summed E-state index contributed by atoms with van der Waals surface area (Å²) in [6, 6.07) is -0.161. The number of nitrogens with zero attached hydrogens (tertiary/aromatic N) is 1. The summed E-state index contributed by atoms with van der Waals surface area (Å²) in [5.74, 6) is -1.94. The third-order valence-electron chi connectivity index (χ3n) is 8.77. The van der Waals surface area contributed by atoms with Crippen LogP contribution >= 0.6 is 0 Å². The molecule has 3 N–H and O–H groups in total. The molecular formula is C30H55NO8. The number of allylic oxidation sites excluding steroid dienone is 1. The average molecular weight is 558 g/mol. The van der Waals surface area contributed by atoms with Gasteiger partial charge in [-0.25, -0.2) is 0 Å². The van der Waals surface area contributed by atoms with Gasteiger partial charge in [0.25, 0.3) is 0 Å². The molecule has 2 aliphatic heterocycles. The molecule has 0 radical (unpaired) electrons. The second-order valence-electron chi connectivity index (χ2n) is 12.8. The van der Waals surface area contributed by atoms with Gasteiger partial charge in [-0.2, -0.15) is 0 Å². The molecule has 0 aromatic heterocycles. The van der Waals surface area contributed by atoms with Crippen molar-refractivity contribution in [3.63, 3.8) is 0 Å². The van der Waals surface area contributed by atoms with E-state index in [-0.39, 0.29) is 18.1 Å². The van der Waals surface area contributed by atoms with Gasteiger partial charge < -0.3 is 39.2 Å². The van der Waals surface area contributed by atoms with E-state index in [0.29, 0.717) is 25.7 Å². The maximum absolute atomic E-state index is 13.2. The second-order valence-corrected chi connectivity index (χ2v) is 12.8. The van der Waals surface area contributed by atoms with Crippen LogP contribution in [0.2, 0.25) is 0 Å². The van der Waals surface area contributed by atoms with Gasteiger partial charge in [-0.05, 0) is 80.3 Å². The quantitative estimate of drug-likeness (QED) is 0.346. The van der Waals surface area contributed by atoms with Gasteiger partial charge in [0.15, 0.2) is 6.29 Å². The minimum absolute atomic E-state index is 0.131. The molecule has 9 nitrogen and oxygen atoms in total. The number of carbonyl (C=O) groups excluding carboxylic acids is 1. The van der Waals surface area contributed by atoms with Gasteiger partial charge in [0.2, 0.25) is 0 Å². The van der Waals surface area contributed by atoms with Crippen LogP contribution in [0.4, 0.5) is 0 Å². The van der Waals surface area contributed by atoms with E-state index in [0.717, 1.165) is 5.57 Å². The first-order chi connectivity index (χ1) is 18.0. The van der Waals surface area contributed by atoms with Crippen LogP contribution < -0.4 is 0 Å². The number of cyclic esters (lactones) is 1. The Bertz CT molecular complexity index is 832. The molecule has 1 saturated heterocycles. The Balaban J connectivity index is 2.54. The molecule has 2 aliphatic rings. The molecule has 1 fully saturated rings. The van der Waals surface area contributed by atoms with E-state index in [1.807, 2.05) is 53.6 Å². The Labute approximate surface area is 235 Å². The largest absolute Gasteiger partial charge is 0.459 e. The Hall–Kier alpha value is -1.07. The molecule has 0 spiro atoms. The van der Waals surface area contributed by atoms with Crippen LogP contribution in [0.25, 0.3) is 0 Å². The second kappa shape index (κ2) is 13.7. The number of esters is 1. The van der Waals surface area contributed by atoms with Gasteiger partial charge in [-0.1, -0.05) is 32.4 Å². The van der Waals surface area contributed by atoms with Crippen molar-refractivity contribution >= 4 is 5.97 Å².